The van der Waals surface area contributed by atoms with Gasteiger partial charge in [-0.3, -0.25) is 15.2 Å². The van der Waals surface area contributed by atoms with Crippen molar-refractivity contribution in [1.82, 2.24) is 14.7 Å². The molecular formula is C34H41ClN6O9S. The third kappa shape index (κ3) is 9.58. The number of rotatable bonds is 13. The number of ether oxygens (including phenoxy) is 2. The number of anilines is 1. The highest BCUT2D eigenvalue weighted by Gasteiger charge is 2.36. The molecule has 51 heavy (non-hydrogen) atoms. The van der Waals surface area contributed by atoms with Gasteiger partial charge in [0, 0.05) is 5.56 Å². The lowest BCUT2D eigenvalue weighted by atomic mass is 10.1. The second-order valence-electron chi connectivity index (χ2n) is 12.5. The summed E-state index contributed by atoms with van der Waals surface area (Å²) in [6.07, 6.45) is -0.468. The number of nitrogens with one attached hydrogen (secondary N) is 1. The molecule has 0 saturated heterocycles. The van der Waals surface area contributed by atoms with E-state index < -0.39 is 51.8 Å². The van der Waals surface area contributed by atoms with E-state index >= 15 is 0 Å². The summed E-state index contributed by atoms with van der Waals surface area (Å²) >= 11 is 6.40. The molecule has 0 saturated carbocycles. The summed E-state index contributed by atoms with van der Waals surface area (Å²) in [5.74, 6) is -1.38. The summed E-state index contributed by atoms with van der Waals surface area (Å²) in [5.41, 5.74) is 4.06. The Morgan fingerprint density at radius 1 is 1.04 bits per heavy atom. The number of carbonyl (C=O) groups is 3. The molecule has 1 atom stereocenters. The van der Waals surface area contributed by atoms with Crippen molar-refractivity contribution >= 4 is 45.3 Å². The SMILES string of the molecule is CCN(CC)/[N+]([O-])=N\OCOC(=O)c1ccc(CN(C(=O)OC(C)(C)C)S(=O)(=O)c2cc(C(=O)NN3c4ccccc4C[C@H]3C)ccc2Cl)cc1. The van der Waals surface area contributed by atoms with Gasteiger partial charge in [-0.2, -0.15) is 4.31 Å². The Bertz CT molecular complexity index is 1880. The fraction of sp³-hybridized carbons (Fsp3) is 0.382. The highest BCUT2D eigenvalue weighted by atomic mass is 35.5. The van der Waals surface area contributed by atoms with Crippen LogP contribution in [-0.2, 0) is 37.3 Å². The molecule has 1 heterocycles. The number of nitrogens with zero attached hydrogens (tertiary/aromatic N) is 5. The Morgan fingerprint density at radius 2 is 1.69 bits per heavy atom. The van der Waals surface area contributed by atoms with E-state index in [1.165, 1.54) is 41.4 Å². The van der Waals surface area contributed by atoms with E-state index in [4.69, 9.17) is 25.9 Å². The molecule has 1 N–H and O–H groups in total. The van der Waals surface area contributed by atoms with Crippen LogP contribution in [0.4, 0.5) is 10.5 Å². The van der Waals surface area contributed by atoms with E-state index in [2.05, 4.69) is 10.7 Å². The number of benzene rings is 3. The van der Waals surface area contributed by atoms with E-state index in [1.807, 2.05) is 31.2 Å². The lowest BCUT2D eigenvalue weighted by molar-refractivity contribution is -0.710. The number of fused-ring (bicyclic) bond motifs is 1. The summed E-state index contributed by atoms with van der Waals surface area (Å²) in [6.45, 7) is 9.89. The Kier molecular flexibility index (Phi) is 12.4. The van der Waals surface area contributed by atoms with Crippen LogP contribution < -0.4 is 10.4 Å². The topological polar surface area (TPSA) is 173 Å². The maximum absolute atomic E-state index is 14.1. The predicted octanol–water partition coefficient (Wildman–Crippen LogP) is 5.83. The lowest BCUT2D eigenvalue weighted by Crippen LogP contribution is -2.45. The van der Waals surface area contributed by atoms with Gasteiger partial charge in [0.1, 0.15) is 10.5 Å². The number of esters is 1. The van der Waals surface area contributed by atoms with Crippen LogP contribution in [0.15, 0.2) is 76.9 Å². The largest absolute Gasteiger partial charge is 0.569 e. The minimum Gasteiger partial charge on any atom is -0.569 e. The molecule has 3 aromatic carbocycles. The minimum absolute atomic E-state index is 0.00523. The molecule has 0 radical (unpaired) electrons. The molecule has 0 unspecified atom stereocenters. The van der Waals surface area contributed by atoms with Gasteiger partial charge < -0.3 is 19.5 Å². The number of hydrazine groups is 2. The maximum Gasteiger partial charge on any atom is 0.424 e. The first kappa shape index (κ1) is 38.7. The van der Waals surface area contributed by atoms with E-state index in [0.29, 0.717) is 29.4 Å². The molecular weight excluding hydrogens is 704 g/mol. The summed E-state index contributed by atoms with van der Waals surface area (Å²) < 4.78 is 39.2. The number of hydrogen-bond acceptors (Lipinski definition) is 11. The second-order valence-corrected chi connectivity index (χ2v) is 14.7. The van der Waals surface area contributed by atoms with Crippen LogP contribution in [0.25, 0.3) is 0 Å². The van der Waals surface area contributed by atoms with Crippen molar-refractivity contribution in [2.24, 2.45) is 5.28 Å². The first-order valence-electron chi connectivity index (χ1n) is 16.1. The molecule has 0 bridgehead atoms. The van der Waals surface area contributed by atoms with Crippen molar-refractivity contribution in [2.45, 2.75) is 71.0 Å². The molecule has 0 aromatic heterocycles. The molecule has 1 aliphatic heterocycles. The lowest BCUT2D eigenvalue weighted by Gasteiger charge is -2.28. The van der Waals surface area contributed by atoms with E-state index in [-0.39, 0.29) is 27.2 Å². The molecule has 274 valence electrons. The van der Waals surface area contributed by atoms with Gasteiger partial charge in [0.15, 0.2) is 0 Å². The van der Waals surface area contributed by atoms with Crippen LogP contribution in [0.2, 0.25) is 5.02 Å². The fourth-order valence-corrected chi connectivity index (χ4v) is 6.89. The first-order chi connectivity index (χ1) is 24.0. The van der Waals surface area contributed by atoms with Gasteiger partial charge in [0.25, 0.3) is 22.7 Å². The number of carbonyl (C=O) groups excluding carboxylic acids is 3. The van der Waals surface area contributed by atoms with E-state index in [9.17, 15) is 28.0 Å². The number of halogens is 1. The average Bonchev–Trinajstić information content (AvgIpc) is 3.39. The molecule has 17 heteroatoms. The number of para-hydroxylation sites is 1. The van der Waals surface area contributed by atoms with Crippen LogP contribution in [-0.4, -0.2) is 72.2 Å². The third-order valence-corrected chi connectivity index (χ3v) is 9.84. The zero-order valence-corrected chi connectivity index (χ0v) is 30.7. The summed E-state index contributed by atoms with van der Waals surface area (Å²) in [4.78, 5) is 43.9. The average molecular weight is 745 g/mol. The van der Waals surface area contributed by atoms with Crippen molar-refractivity contribution in [3.05, 3.63) is 99.2 Å². The van der Waals surface area contributed by atoms with Crippen molar-refractivity contribution in [3.63, 3.8) is 0 Å². The van der Waals surface area contributed by atoms with E-state index in [0.717, 1.165) is 17.3 Å². The van der Waals surface area contributed by atoms with Gasteiger partial charge in [0.2, 0.25) is 5.28 Å². The van der Waals surface area contributed by atoms with Gasteiger partial charge in [-0.1, -0.05) is 41.9 Å². The summed E-state index contributed by atoms with van der Waals surface area (Å²) in [7, 11) is -4.72. The van der Waals surface area contributed by atoms with Crippen molar-refractivity contribution in [1.29, 1.82) is 0 Å². The molecule has 4 rings (SSSR count). The van der Waals surface area contributed by atoms with E-state index in [1.54, 1.807) is 39.6 Å². The Balaban J connectivity index is 1.54. The standard InChI is InChI=1S/C34H41ClN6O9S/c1-7-38(8-2)41(45)37-49-22-48-32(43)25-15-13-24(14-16-25)21-39(33(44)50-34(4,5)6)51(46,47)30-20-27(17-18-28(30)35)31(42)36-40-23(3)19-26-11-9-10-12-29(26)40/h9-18,20,23H,7-8,19,21-22H2,1-6H3,(H,36,42)/b41-37+/t23-/m1/s1. The highest BCUT2D eigenvalue weighted by Crippen LogP contribution is 2.32. The van der Waals surface area contributed by atoms with Gasteiger partial charge >= 0.3 is 12.1 Å². The van der Waals surface area contributed by atoms with Gasteiger partial charge in [-0.15, -0.1) is 5.01 Å². The third-order valence-electron chi connectivity index (χ3n) is 7.65. The molecule has 15 nitrogen and oxygen atoms in total. The van der Waals surface area contributed by atoms with Crippen LogP contribution in [0.3, 0.4) is 0 Å². The second kappa shape index (κ2) is 16.3. The predicted molar refractivity (Wildman–Crippen MR) is 187 cm³/mol. The smallest absolute Gasteiger partial charge is 0.424 e. The van der Waals surface area contributed by atoms with Gasteiger partial charge in [0.05, 0.1) is 46.9 Å². The number of amides is 2. The monoisotopic (exact) mass is 744 g/mol. The minimum atomic E-state index is -4.72. The zero-order chi connectivity index (χ0) is 37.5. The molecule has 0 fully saturated rings. The van der Waals surface area contributed by atoms with Gasteiger partial charge in [-0.05, 0) is 95.5 Å². The Labute approximate surface area is 301 Å². The van der Waals surface area contributed by atoms with Crippen LogP contribution in [0.1, 0.15) is 73.4 Å². The quantitative estimate of drug-likeness (QED) is 0.0557. The fourth-order valence-electron chi connectivity index (χ4n) is 5.10. The summed E-state index contributed by atoms with van der Waals surface area (Å²) in [5, 5.41) is 18.0. The van der Waals surface area contributed by atoms with Gasteiger partial charge in [-0.25, -0.2) is 18.0 Å². The molecule has 3 aromatic rings. The van der Waals surface area contributed by atoms with Crippen molar-refractivity contribution in [2.75, 3.05) is 24.9 Å². The van der Waals surface area contributed by atoms with Crippen molar-refractivity contribution < 1.29 is 42.1 Å². The highest BCUT2D eigenvalue weighted by molar-refractivity contribution is 7.89. The first-order valence-corrected chi connectivity index (χ1v) is 17.9. The van der Waals surface area contributed by atoms with Crippen molar-refractivity contribution in [3.8, 4) is 0 Å². The maximum atomic E-state index is 14.1. The number of sulfonamides is 1. The number of hydrogen-bond donors (Lipinski definition) is 1. The molecule has 1 aliphatic rings. The van der Waals surface area contributed by atoms with Crippen LogP contribution in [0.5, 0.6) is 0 Å². The van der Waals surface area contributed by atoms with Crippen LogP contribution in [0, 0.1) is 5.21 Å². The molecule has 2 amide bonds. The molecule has 0 spiro atoms. The Hall–Kier alpha value is -5.09. The normalized spacial score (nSPS) is 14.4. The zero-order valence-electron chi connectivity index (χ0n) is 29.2. The van der Waals surface area contributed by atoms with Crippen LogP contribution >= 0.6 is 11.6 Å². The summed E-state index contributed by atoms with van der Waals surface area (Å²) in [6, 6.07) is 16.9. The Morgan fingerprint density at radius 3 is 2.33 bits per heavy atom. The molecule has 0 aliphatic carbocycles.